The molecule has 1 aromatic heterocycles. The molecule has 0 unspecified atom stereocenters. The summed E-state index contributed by atoms with van der Waals surface area (Å²) in [6.07, 6.45) is 1.88. The molecular formula is C20H18Cl2N2O. The Labute approximate surface area is 156 Å². The Morgan fingerprint density at radius 1 is 1.04 bits per heavy atom. The summed E-state index contributed by atoms with van der Waals surface area (Å²) >= 11 is 12.2. The van der Waals surface area contributed by atoms with E-state index >= 15 is 0 Å². The number of piperidine rings is 1. The van der Waals surface area contributed by atoms with Crippen LogP contribution in [0.25, 0.3) is 10.9 Å². The maximum atomic E-state index is 12.7. The number of aromatic nitrogens is 1. The number of benzene rings is 2. The number of likely N-dealkylation sites (tertiary alicyclic amines) is 1. The maximum Gasteiger partial charge on any atom is 0.255 e. The predicted octanol–water partition coefficient (Wildman–Crippen LogP) is 5.49. The van der Waals surface area contributed by atoms with Crippen molar-refractivity contribution in [2.75, 3.05) is 13.1 Å². The van der Waals surface area contributed by atoms with Gasteiger partial charge in [0.1, 0.15) is 0 Å². The van der Waals surface area contributed by atoms with E-state index in [1.807, 2.05) is 35.2 Å². The van der Waals surface area contributed by atoms with E-state index < -0.39 is 0 Å². The molecule has 1 saturated heterocycles. The van der Waals surface area contributed by atoms with Gasteiger partial charge in [0.2, 0.25) is 0 Å². The van der Waals surface area contributed by atoms with E-state index in [1.54, 1.807) is 12.1 Å². The van der Waals surface area contributed by atoms with Crippen LogP contribution in [-0.2, 0) is 0 Å². The Bertz CT molecular complexity index is 926. The molecular weight excluding hydrogens is 355 g/mol. The molecule has 5 heteroatoms. The molecule has 1 aliphatic heterocycles. The zero-order valence-corrected chi connectivity index (χ0v) is 15.1. The van der Waals surface area contributed by atoms with Crippen molar-refractivity contribution in [2.45, 2.75) is 18.8 Å². The van der Waals surface area contributed by atoms with Crippen molar-refractivity contribution in [3.63, 3.8) is 0 Å². The Kier molecular flexibility index (Phi) is 4.45. The molecule has 1 fully saturated rings. The van der Waals surface area contributed by atoms with Gasteiger partial charge in [-0.3, -0.25) is 4.79 Å². The van der Waals surface area contributed by atoms with Crippen molar-refractivity contribution < 1.29 is 4.79 Å². The summed E-state index contributed by atoms with van der Waals surface area (Å²) in [6.45, 7) is 1.48. The lowest BCUT2D eigenvalue weighted by Crippen LogP contribution is -2.38. The summed E-state index contributed by atoms with van der Waals surface area (Å²) in [6, 6.07) is 15.3. The zero-order chi connectivity index (χ0) is 17.4. The van der Waals surface area contributed by atoms with Crippen molar-refractivity contribution in [1.29, 1.82) is 0 Å². The van der Waals surface area contributed by atoms with Gasteiger partial charge in [0.25, 0.3) is 5.91 Å². The van der Waals surface area contributed by atoms with E-state index in [9.17, 15) is 4.79 Å². The second-order valence-electron chi connectivity index (χ2n) is 6.50. The topological polar surface area (TPSA) is 36.1 Å². The highest BCUT2D eigenvalue weighted by molar-refractivity contribution is 6.33. The first-order chi connectivity index (χ1) is 12.1. The second-order valence-corrected chi connectivity index (χ2v) is 7.35. The van der Waals surface area contributed by atoms with E-state index in [1.165, 1.54) is 5.69 Å². The third-order valence-corrected chi connectivity index (χ3v) is 5.49. The first-order valence-electron chi connectivity index (χ1n) is 8.44. The van der Waals surface area contributed by atoms with Gasteiger partial charge >= 0.3 is 0 Å². The molecule has 3 aromatic rings. The fourth-order valence-electron chi connectivity index (χ4n) is 3.54. The summed E-state index contributed by atoms with van der Waals surface area (Å²) in [5.41, 5.74) is 2.92. The average Bonchev–Trinajstić information content (AvgIpc) is 3.05. The van der Waals surface area contributed by atoms with Crippen LogP contribution in [-0.4, -0.2) is 28.9 Å². The van der Waals surface area contributed by atoms with E-state index in [2.05, 4.69) is 11.1 Å². The highest BCUT2D eigenvalue weighted by Gasteiger charge is 2.26. The Balaban J connectivity index is 1.47. The minimum atomic E-state index is 0.0208. The summed E-state index contributed by atoms with van der Waals surface area (Å²) < 4.78 is 0. The predicted molar refractivity (Wildman–Crippen MR) is 103 cm³/mol. The molecule has 4 rings (SSSR count). The fourth-order valence-corrected chi connectivity index (χ4v) is 3.94. The number of rotatable bonds is 2. The van der Waals surface area contributed by atoms with Crippen molar-refractivity contribution in [3.05, 3.63) is 69.8 Å². The minimum Gasteiger partial charge on any atom is -0.358 e. The molecule has 128 valence electrons. The van der Waals surface area contributed by atoms with Crippen molar-refractivity contribution in [2.24, 2.45) is 0 Å². The lowest BCUT2D eigenvalue weighted by atomic mass is 9.93. The van der Waals surface area contributed by atoms with E-state index in [-0.39, 0.29) is 5.91 Å². The molecule has 0 radical (unpaired) electrons. The van der Waals surface area contributed by atoms with Crippen LogP contribution in [0.2, 0.25) is 10.0 Å². The first-order valence-corrected chi connectivity index (χ1v) is 9.19. The molecule has 2 heterocycles. The molecule has 0 atom stereocenters. The maximum absolute atomic E-state index is 12.7. The Morgan fingerprint density at radius 3 is 2.56 bits per heavy atom. The van der Waals surface area contributed by atoms with Gasteiger partial charge in [0.15, 0.2) is 0 Å². The number of carbonyl (C=O) groups is 1. The van der Waals surface area contributed by atoms with Crippen LogP contribution in [0, 0.1) is 0 Å². The van der Waals surface area contributed by atoms with Crippen LogP contribution in [0.5, 0.6) is 0 Å². The number of H-pyrrole nitrogens is 1. The summed E-state index contributed by atoms with van der Waals surface area (Å²) in [7, 11) is 0. The number of hydrogen-bond acceptors (Lipinski definition) is 1. The molecule has 3 nitrogen and oxygen atoms in total. The van der Waals surface area contributed by atoms with Gasteiger partial charge in [0.05, 0.1) is 10.6 Å². The largest absolute Gasteiger partial charge is 0.358 e. The van der Waals surface area contributed by atoms with Crippen molar-refractivity contribution in [1.82, 2.24) is 9.88 Å². The third kappa shape index (κ3) is 3.26. The number of halogens is 2. The van der Waals surface area contributed by atoms with Gasteiger partial charge in [-0.1, -0.05) is 35.3 Å². The lowest BCUT2D eigenvalue weighted by molar-refractivity contribution is 0.0712. The van der Waals surface area contributed by atoms with Gasteiger partial charge in [0, 0.05) is 40.6 Å². The van der Waals surface area contributed by atoms with Crippen LogP contribution in [0.1, 0.15) is 34.8 Å². The minimum absolute atomic E-state index is 0.0208. The van der Waals surface area contributed by atoms with Crippen LogP contribution < -0.4 is 0 Å². The Hall–Kier alpha value is -1.97. The number of fused-ring (bicyclic) bond motifs is 1. The standard InChI is InChI=1S/C20H18Cl2N2O/c21-15-5-6-18-14(11-15)12-19(23-18)13-7-9-24(10-8-13)20(25)16-3-1-2-4-17(16)22/h1-6,11-13,23H,7-10H2. The van der Waals surface area contributed by atoms with Crippen molar-refractivity contribution in [3.8, 4) is 0 Å². The normalized spacial score (nSPS) is 15.7. The SMILES string of the molecule is O=C(c1ccccc1Cl)N1CCC(c2cc3cc(Cl)ccc3[nH]2)CC1. The molecule has 0 spiro atoms. The molecule has 0 bridgehead atoms. The smallest absolute Gasteiger partial charge is 0.255 e. The van der Waals surface area contributed by atoms with Crippen LogP contribution >= 0.6 is 23.2 Å². The molecule has 1 N–H and O–H groups in total. The van der Waals surface area contributed by atoms with Crippen molar-refractivity contribution >= 4 is 40.0 Å². The number of aromatic amines is 1. The highest BCUT2D eigenvalue weighted by atomic mass is 35.5. The Morgan fingerprint density at radius 2 is 1.80 bits per heavy atom. The average molecular weight is 373 g/mol. The lowest BCUT2D eigenvalue weighted by Gasteiger charge is -2.32. The molecule has 25 heavy (non-hydrogen) atoms. The van der Waals surface area contributed by atoms with Gasteiger partial charge < -0.3 is 9.88 Å². The summed E-state index contributed by atoms with van der Waals surface area (Å²) in [5, 5.41) is 2.40. The number of nitrogens with zero attached hydrogens (tertiary/aromatic N) is 1. The molecule has 1 amide bonds. The number of hydrogen-bond donors (Lipinski definition) is 1. The van der Waals surface area contributed by atoms with Crippen LogP contribution in [0.4, 0.5) is 0 Å². The van der Waals surface area contributed by atoms with Gasteiger partial charge in [-0.25, -0.2) is 0 Å². The van der Waals surface area contributed by atoms with Gasteiger partial charge in [-0.05, 0) is 49.2 Å². The van der Waals surface area contributed by atoms with Gasteiger partial charge in [-0.2, -0.15) is 0 Å². The molecule has 2 aromatic carbocycles. The highest BCUT2D eigenvalue weighted by Crippen LogP contribution is 2.31. The quantitative estimate of drug-likeness (QED) is 0.633. The number of nitrogens with one attached hydrogen (secondary N) is 1. The summed E-state index contributed by atoms with van der Waals surface area (Å²) in [4.78, 5) is 18.1. The first kappa shape index (κ1) is 16.5. The van der Waals surface area contributed by atoms with Crippen LogP contribution in [0.15, 0.2) is 48.5 Å². The number of amides is 1. The second kappa shape index (κ2) is 6.74. The van der Waals surface area contributed by atoms with Crippen LogP contribution in [0.3, 0.4) is 0 Å². The molecule has 0 saturated carbocycles. The summed E-state index contributed by atoms with van der Waals surface area (Å²) in [5.74, 6) is 0.453. The van der Waals surface area contributed by atoms with E-state index in [4.69, 9.17) is 23.2 Å². The van der Waals surface area contributed by atoms with Gasteiger partial charge in [-0.15, -0.1) is 0 Å². The number of carbonyl (C=O) groups excluding carboxylic acids is 1. The zero-order valence-electron chi connectivity index (χ0n) is 13.6. The fraction of sp³-hybridized carbons (Fsp3) is 0.250. The monoisotopic (exact) mass is 372 g/mol. The molecule has 0 aliphatic carbocycles. The van der Waals surface area contributed by atoms with E-state index in [0.717, 1.165) is 41.9 Å². The van der Waals surface area contributed by atoms with E-state index in [0.29, 0.717) is 16.5 Å². The third-order valence-electron chi connectivity index (χ3n) is 4.93. The molecule has 1 aliphatic rings.